The van der Waals surface area contributed by atoms with Crippen LogP contribution in [0.3, 0.4) is 0 Å². The van der Waals surface area contributed by atoms with Gasteiger partial charge in [0.1, 0.15) is 6.61 Å². The van der Waals surface area contributed by atoms with Crippen LogP contribution >= 0.6 is 0 Å². The van der Waals surface area contributed by atoms with Gasteiger partial charge in [0.2, 0.25) is 0 Å². The van der Waals surface area contributed by atoms with Gasteiger partial charge in [0.05, 0.1) is 37.1 Å². The molecule has 156 valence electrons. The van der Waals surface area contributed by atoms with Gasteiger partial charge in [-0.15, -0.1) is 0 Å². The van der Waals surface area contributed by atoms with E-state index < -0.39 is 17.7 Å². The van der Waals surface area contributed by atoms with Crippen LogP contribution < -0.4 is 5.32 Å². The molecule has 6 nitrogen and oxygen atoms in total. The van der Waals surface area contributed by atoms with Gasteiger partial charge in [-0.3, -0.25) is 0 Å². The van der Waals surface area contributed by atoms with Crippen LogP contribution in [0.5, 0.6) is 0 Å². The number of carbonyl (C=O) groups is 1. The highest BCUT2D eigenvalue weighted by Gasteiger charge is 2.43. The van der Waals surface area contributed by atoms with Crippen molar-refractivity contribution in [3.63, 3.8) is 0 Å². The number of alkyl carbamates (subject to hydrolysis) is 1. The standard InChI is InChI=1S/C22H33NO5/c1-16(27-14-22-11-9-18(10-12-22)28-15-22)19(21(2,3)25)23-20(24)26-13-17-7-5-4-6-8-17/h4-8,16,18-19,25H,9-15H2,1-3H3,(H,23,24)/t16-,18?,19+,22?/m1/s1. The summed E-state index contributed by atoms with van der Waals surface area (Å²) in [6.45, 7) is 6.72. The van der Waals surface area contributed by atoms with Crippen LogP contribution in [0.15, 0.2) is 30.3 Å². The normalized spacial score (nSPS) is 26.5. The summed E-state index contributed by atoms with van der Waals surface area (Å²) in [6, 6.07) is 8.91. The van der Waals surface area contributed by atoms with E-state index in [1.807, 2.05) is 37.3 Å². The first-order valence-electron chi connectivity index (χ1n) is 10.2. The quantitative estimate of drug-likeness (QED) is 0.710. The molecule has 1 amide bonds. The summed E-state index contributed by atoms with van der Waals surface area (Å²) in [5.74, 6) is 0. The zero-order chi connectivity index (χ0) is 20.2. The topological polar surface area (TPSA) is 77.0 Å². The highest BCUT2D eigenvalue weighted by molar-refractivity contribution is 5.67. The third-order valence-electron chi connectivity index (χ3n) is 5.99. The molecule has 1 aromatic rings. The second-order valence-corrected chi connectivity index (χ2v) is 8.86. The number of carbonyl (C=O) groups excluding carboxylic acids is 1. The molecule has 0 aromatic heterocycles. The monoisotopic (exact) mass is 391 g/mol. The number of fused-ring (bicyclic) bond motifs is 3. The molecule has 4 rings (SSSR count). The largest absolute Gasteiger partial charge is 0.445 e. The van der Waals surface area contributed by atoms with Crippen molar-refractivity contribution in [3.8, 4) is 0 Å². The maximum Gasteiger partial charge on any atom is 0.407 e. The lowest BCUT2D eigenvalue weighted by molar-refractivity contribution is -0.156. The molecule has 3 aliphatic rings. The van der Waals surface area contributed by atoms with Crippen molar-refractivity contribution in [3.05, 3.63) is 35.9 Å². The molecular formula is C22H33NO5. The summed E-state index contributed by atoms with van der Waals surface area (Å²) >= 11 is 0. The van der Waals surface area contributed by atoms with Gasteiger partial charge < -0.3 is 24.6 Å². The molecular weight excluding hydrogens is 358 g/mol. The average Bonchev–Trinajstić information content (AvgIpc) is 2.70. The summed E-state index contributed by atoms with van der Waals surface area (Å²) in [6.07, 6.45) is 3.91. The Morgan fingerprint density at radius 1 is 1.32 bits per heavy atom. The number of hydrogen-bond donors (Lipinski definition) is 2. The first kappa shape index (κ1) is 21.1. The lowest BCUT2D eigenvalue weighted by Crippen LogP contribution is -2.56. The Morgan fingerprint density at radius 3 is 2.57 bits per heavy atom. The molecule has 28 heavy (non-hydrogen) atoms. The summed E-state index contributed by atoms with van der Waals surface area (Å²) in [5, 5.41) is 13.4. The molecule has 6 heteroatoms. The van der Waals surface area contributed by atoms with Crippen molar-refractivity contribution in [2.45, 2.75) is 76.9 Å². The zero-order valence-electron chi connectivity index (χ0n) is 17.1. The number of ether oxygens (including phenoxy) is 3. The van der Waals surface area contributed by atoms with E-state index in [1.54, 1.807) is 13.8 Å². The van der Waals surface area contributed by atoms with Crippen molar-refractivity contribution in [2.24, 2.45) is 5.41 Å². The minimum Gasteiger partial charge on any atom is -0.445 e. The molecule has 1 aliphatic carbocycles. The van der Waals surface area contributed by atoms with Crippen LogP contribution in [0.25, 0.3) is 0 Å². The third kappa shape index (κ3) is 5.46. The molecule has 3 fully saturated rings. The zero-order valence-corrected chi connectivity index (χ0v) is 17.1. The van der Waals surface area contributed by atoms with Crippen molar-refractivity contribution in [1.82, 2.24) is 5.32 Å². The van der Waals surface area contributed by atoms with E-state index in [0.29, 0.717) is 12.7 Å². The predicted octanol–water partition coefficient (Wildman–Crippen LogP) is 3.42. The summed E-state index contributed by atoms with van der Waals surface area (Å²) in [5.41, 5.74) is -0.168. The predicted molar refractivity (Wildman–Crippen MR) is 106 cm³/mol. The van der Waals surface area contributed by atoms with Crippen LogP contribution in [0.4, 0.5) is 4.79 Å². The number of amides is 1. The fourth-order valence-electron chi connectivity index (χ4n) is 4.16. The summed E-state index contributed by atoms with van der Waals surface area (Å²) in [7, 11) is 0. The lowest BCUT2D eigenvalue weighted by atomic mass is 9.72. The second-order valence-electron chi connectivity index (χ2n) is 8.86. The molecule has 1 aromatic carbocycles. The van der Waals surface area contributed by atoms with Gasteiger partial charge in [-0.2, -0.15) is 0 Å². The smallest absolute Gasteiger partial charge is 0.407 e. The Bertz CT molecular complexity index is 620. The fraction of sp³-hybridized carbons (Fsp3) is 0.682. The average molecular weight is 392 g/mol. The van der Waals surface area contributed by atoms with Crippen LogP contribution in [0, 0.1) is 5.41 Å². The summed E-state index contributed by atoms with van der Waals surface area (Å²) in [4.78, 5) is 12.3. The molecule has 2 aliphatic heterocycles. The highest BCUT2D eigenvalue weighted by Crippen LogP contribution is 2.43. The minimum absolute atomic E-state index is 0.0704. The van der Waals surface area contributed by atoms with Crippen molar-refractivity contribution in [2.75, 3.05) is 13.2 Å². The highest BCUT2D eigenvalue weighted by atomic mass is 16.5. The molecule has 0 radical (unpaired) electrons. The van der Waals surface area contributed by atoms with Gasteiger partial charge in [-0.25, -0.2) is 4.79 Å². The van der Waals surface area contributed by atoms with Gasteiger partial charge in [-0.1, -0.05) is 30.3 Å². The molecule has 2 saturated heterocycles. The molecule has 1 saturated carbocycles. The number of hydrogen-bond acceptors (Lipinski definition) is 5. The second kappa shape index (κ2) is 8.80. The van der Waals surface area contributed by atoms with E-state index in [0.717, 1.165) is 37.9 Å². The van der Waals surface area contributed by atoms with E-state index in [4.69, 9.17) is 14.2 Å². The van der Waals surface area contributed by atoms with E-state index in [2.05, 4.69) is 5.32 Å². The minimum atomic E-state index is -1.15. The molecule has 2 atom stereocenters. The van der Waals surface area contributed by atoms with Gasteiger partial charge in [-0.05, 0) is 52.0 Å². The Morgan fingerprint density at radius 2 is 2.00 bits per heavy atom. The first-order valence-corrected chi connectivity index (χ1v) is 10.2. The Hall–Kier alpha value is -1.63. The van der Waals surface area contributed by atoms with E-state index in [9.17, 15) is 9.90 Å². The Balaban J connectivity index is 1.52. The molecule has 2 bridgehead atoms. The fourth-order valence-corrected chi connectivity index (χ4v) is 4.16. The maximum atomic E-state index is 12.3. The van der Waals surface area contributed by atoms with Crippen molar-refractivity contribution >= 4 is 6.09 Å². The van der Waals surface area contributed by atoms with Gasteiger partial charge in [0.15, 0.2) is 0 Å². The number of benzene rings is 1. The number of rotatable bonds is 8. The van der Waals surface area contributed by atoms with Crippen molar-refractivity contribution in [1.29, 1.82) is 0 Å². The number of nitrogens with one attached hydrogen (secondary N) is 1. The van der Waals surface area contributed by atoms with E-state index in [-0.39, 0.29) is 18.1 Å². The van der Waals surface area contributed by atoms with Crippen LogP contribution in [-0.2, 0) is 20.8 Å². The first-order chi connectivity index (χ1) is 13.3. The van der Waals surface area contributed by atoms with Gasteiger partial charge in [0.25, 0.3) is 0 Å². The molecule has 2 heterocycles. The van der Waals surface area contributed by atoms with Gasteiger partial charge >= 0.3 is 6.09 Å². The lowest BCUT2D eigenvalue weighted by Gasteiger charge is -2.47. The summed E-state index contributed by atoms with van der Waals surface area (Å²) < 4.78 is 17.3. The maximum absolute atomic E-state index is 12.3. The van der Waals surface area contributed by atoms with E-state index in [1.165, 1.54) is 0 Å². The van der Waals surface area contributed by atoms with Crippen LogP contribution in [0.1, 0.15) is 52.0 Å². The molecule has 2 N–H and O–H groups in total. The van der Waals surface area contributed by atoms with Crippen LogP contribution in [-0.4, -0.2) is 48.3 Å². The Kier molecular flexibility index (Phi) is 6.63. The third-order valence-corrected chi connectivity index (χ3v) is 5.99. The SMILES string of the molecule is C[C@@H](OCC12CCC(CC1)OC2)[C@H](NC(=O)OCc1ccccc1)C(C)(C)O. The molecule has 0 unspecified atom stereocenters. The van der Waals surface area contributed by atoms with Crippen LogP contribution in [0.2, 0.25) is 0 Å². The number of aliphatic hydroxyl groups is 1. The van der Waals surface area contributed by atoms with E-state index >= 15 is 0 Å². The van der Waals surface area contributed by atoms with Gasteiger partial charge in [0, 0.05) is 5.41 Å². The molecule has 0 spiro atoms. The Labute approximate surface area is 167 Å². The van der Waals surface area contributed by atoms with Crippen molar-refractivity contribution < 1.29 is 24.1 Å².